The van der Waals surface area contributed by atoms with E-state index >= 15 is 0 Å². The highest BCUT2D eigenvalue weighted by Gasteiger charge is 2.25. The molecule has 29 heavy (non-hydrogen) atoms. The second-order valence-electron chi connectivity index (χ2n) is 7.62. The molecule has 0 aliphatic heterocycles. The van der Waals surface area contributed by atoms with Crippen molar-refractivity contribution < 1.29 is 14.2 Å². The maximum atomic E-state index is 9.58. The van der Waals surface area contributed by atoms with Gasteiger partial charge in [0.2, 0.25) is 16.9 Å². The molecule has 0 aromatic heterocycles. The van der Waals surface area contributed by atoms with E-state index in [4.69, 9.17) is 14.2 Å². The Morgan fingerprint density at radius 1 is 0.690 bits per heavy atom. The zero-order chi connectivity index (χ0) is 21.2. The second-order valence-corrected chi connectivity index (χ2v) is 7.62. The van der Waals surface area contributed by atoms with Crippen molar-refractivity contribution >= 4 is 5.69 Å². The molecule has 0 saturated heterocycles. The van der Waals surface area contributed by atoms with E-state index in [1.807, 2.05) is 12.1 Å². The van der Waals surface area contributed by atoms with Crippen molar-refractivity contribution in [1.29, 1.82) is 5.39 Å². The van der Waals surface area contributed by atoms with E-state index in [1.54, 1.807) is 0 Å². The highest BCUT2D eigenvalue weighted by molar-refractivity contribution is 5.68. The lowest BCUT2D eigenvalue weighted by molar-refractivity contribution is 0.116. The van der Waals surface area contributed by atoms with E-state index in [2.05, 4.69) is 25.7 Å². The summed E-state index contributed by atoms with van der Waals surface area (Å²) in [7, 11) is 0. The normalized spacial score (nSPS) is 10.7. The molecule has 164 valence electrons. The Labute approximate surface area is 177 Å². The van der Waals surface area contributed by atoms with Crippen LogP contribution in [0.2, 0.25) is 0 Å². The zero-order valence-corrected chi connectivity index (χ0v) is 18.9. The summed E-state index contributed by atoms with van der Waals surface area (Å²) < 4.78 is 17.7. The number of unbranched alkanes of at least 4 members (excludes halogenated alkanes) is 8. The van der Waals surface area contributed by atoms with Crippen LogP contribution < -0.4 is 9.47 Å². The predicted molar refractivity (Wildman–Crippen MR) is 120 cm³/mol. The van der Waals surface area contributed by atoms with Crippen molar-refractivity contribution in [3.63, 3.8) is 0 Å². The summed E-state index contributed by atoms with van der Waals surface area (Å²) >= 11 is 0. The third kappa shape index (κ3) is 11.1. The number of hydrogen-bond donors (Lipinski definition) is 0. The van der Waals surface area contributed by atoms with Gasteiger partial charge in [-0.3, -0.25) is 0 Å². The molecule has 0 amide bonds. The van der Waals surface area contributed by atoms with Crippen LogP contribution in [0.1, 0.15) is 97.0 Å². The Kier molecular flexibility index (Phi) is 14.9. The fraction of sp³-hybridized carbons (Fsp3) is 0.750. The van der Waals surface area contributed by atoms with Gasteiger partial charge in [0, 0.05) is 6.61 Å². The number of rotatable bonds is 18. The lowest BCUT2D eigenvalue weighted by Crippen LogP contribution is -2.03. The zero-order valence-electron chi connectivity index (χ0n) is 18.9. The highest BCUT2D eigenvalue weighted by Crippen LogP contribution is 2.39. The Morgan fingerprint density at radius 2 is 1.17 bits per heavy atom. The molecule has 1 aromatic carbocycles. The Morgan fingerprint density at radius 3 is 1.66 bits per heavy atom. The summed E-state index contributed by atoms with van der Waals surface area (Å²) in [5, 5.41) is 9.58. The third-order valence-electron chi connectivity index (χ3n) is 4.87. The quantitative estimate of drug-likeness (QED) is 0.185. The lowest BCUT2D eigenvalue weighted by atomic mass is 10.1. The average Bonchev–Trinajstić information content (AvgIpc) is 2.73. The van der Waals surface area contributed by atoms with Gasteiger partial charge >= 0.3 is 5.69 Å². The maximum Gasteiger partial charge on any atom is 0.467 e. The highest BCUT2D eigenvalue weighted by atomic mass is 16.5. The van der Waals surface area contributed by atoms with Crippen molar-refractivity contribution in [2.75, 3.05) is 19.8 Å². The van der Waals surface area contributed by atoms with Crippen LogP contribution in [0.5, 0.6) is 11.5 Å². The molecule has 0 bridgehead atoms. The van der Waals surface area contributed by atoms with Crippen molar-refractivity contribution in [1.82, 2.24) is 0 Å². The SMILES string of the molecule is CCCCCCOc1cc(COCCCCC)cc(OCCCCCC)c1[N+]#N. The summed E-state index contributed by atoms with van der Waals surface area (Å²) in [6.07, 6.45) is 12.5. The molecule has 0 heterocycles. The summed E-state index contributed by atoms with van der Waals surface area (Å²) in [6, 6.07) is 3.83. The van der Waals surface area contributed by atoms with E-state index in [-0.39, 0.29) is 0 Å². The molecular formula is C24H41N2O3+. The average molecular weight is 406 g/mol. The molecule has 0 N–H and O–H groups in total. The topological polar surface area (TPSA) is 55.8 Å². The Bertz CT molecular complexity index is 549. The van der Waals surface area contributed by atoms with Gasteiger partial charge in [-0.2, -0.15) is 0 Å². The van der Waals surface area contributed by atoms with Gasteiger partial charge in [0.05, 0.1) is 19.8 Å². The van der Waals surface area contributed by atoms with Crippen molar-refractivity contribution in [3.8, 4) is 11.5 Å². The van der Waals surface area contributed by atoms with E-state index < -0.39 is 0 Å². The van der Waals surface area contributed by atoms with Crippen LogP contribution >= 0.6 is 0 Å². The fourth-order valence-corrected chi connectivity index (χ4v) is 3.10. The molecule has 0 fully saturated rings. The molecule has 0 aliphatic rings. The van der Waals surface area contributed by atoms with Crippen LogP contribution in [0, 0.1) is 5.39 Å². The monoisotopic (exact) mass is 405 g/mol. The molecule has 0 unspecified atom stereocenters. The van der Waals surface area contributed by atoms with E-state index in [0.717, 1.165) is 44.3 Å². The van der Waals surface area contributed by atoms with E-state index in [1.165, 1.54) is 38.5 Å². The lowest BCUT2D eigenvalue weighted by Gasteiger charge is -2.11. The summed E-state index contributed by atoms with van der Waals surface area (Å²) in [5.74, 6) is 1.14. The van der Waals surface area contributed by atoms with Gasteiger partial charge < -0.3 is 14.2 Å². The van der Waals surface area contributed by atoms with Crippen LogP contribution in [0.15, 0.2) is 12.1 Å². The largest absolute Gasteiger partial charge is 0.486 e. The summed E-state index contributed by atoms with van der Waals surface area (Å²) in [6.45, 7) is 9.05. The van der Waals surface area contributed by atoms with Gasteiger partial charge in [-0.25, -0.2) is 0 Å². The maximum absolute atomic E-state index is 9.58. The first-order chi connectivity index (χ1) is 14.3. The number of nitrogens with zero attached hydrogens (tertiary/aromatic N) is 2. The van der Waals surface area contributed by atoms with Gasteiger partial charge in [-0.1, -0.05) is 72.1 Å². The molecule has 5 nitrogen and oxygen atoms in total. The first-order valence-electron chi connectivity index (χ1n) is 11.6. The van der Waals surface area contributed by atoms with Gasteiger partial charge in [0.15, 0.2) is 4.98 Å². The molecular weight excluding hydrogens is 364 g/mol. The fourth-order valence-electron chi connectivity index (χ4n) is 3.10. The first kappa shape index (κ1) is 25.2. The van der Waals surface area contributed by atoms with Crippen LogP contribution in [0.3, 0.4) is 0 Å². The molecule has 0 atom stereocenters. The number of diazo groups is 1. The molecule has 1 rings (SSSR count). The second kappa shape index (κ2) is 17.1. The Balaban J connectivity index is 2.77. The first-order valence-corrected chi connectivity index (χ1v) is 11.6. The van der Waals surface area contributed by atoms with Crippen LogP contribution in [0.4, 0.5) is 5.69 Å². The van der Waals surface area contributed by atoms with Crippen LogP contribution in [-0.2, 0) is 11.3 Å². The van der Waals surface area contributed by atoms with Crippen molar-refractivity contribution in [3.05, 3.63) is 22.7 Å². The van der Waals surface area contributed by atoms with Gasteiger partial charge in [-0.05, 0) is 37.0 Å². The van der Waals surface area contributed by atoms with E-state index in [0.29, 0.717) is 37.0 Å². The van der Waals surface area contributed by atoms with Crippen LogP contribution in [0.25, 0.3) is 4.98 Å². The van der Waals surface area contributed by atoms with Crippen molar-refractivity contribution in [2.45, 2.75) is 98.0 Å². The summed E-state index contributed by atoms with van der Waals surface area (Å²) in [5.41, 5.74) is 1.37. The minimum absolute atomic E-state index is 0.380. The standard InChI is InChI=1S/C24H41N2O3/c1-4-7-10-13-16-28-22-18-21(20-27-15-12-9-6-3)19-23(24(22)26-25)29-17-14-11-8-5-2/h18-19H,4-17,20H2,1-3H3/q+1. The smallest absolute Gasteiger partial charge is 0.467 e. The Hall–Kier alpha value is -1.80. The molecule has 1 aromatic rings. The number of ether oxygens (including phenoxy) is 3. The predicted octanol–water partition coefficient (Wildman–Crippen LogP) is 7.80. The number of hydrogen-bond acceptors (Lipinski definition) is 4. The van der Waals surface area contributed by atoms with Gasteiger partial charge in [0.1, 0.15) is 0 Å². The molecule has 0 aliphatic carbocycles. The third-order valence-corrected chi connectivity index (χ3v) is 4.87. The van der Waals surface area contributed by atoms with E-state index in [9.17, 15) is 5.39 Å². The molecule has 0 spiro atoms. The van der Waals surface area contributed by atoms with Gasteiger partial charge in [-0.15, -0.1) is 0 Å². The molecule has 5 heteroatoms. The minimum atomic E-state index is 0.380. The molecule has 0 saturated carbocycles. The minimum Gasteiger partial charge on any atom is -0.486 e. The molecule has 0 radical (unpaired) electrons. The van der Waals surface area contributed by atoms with Crippen LogP contribution in [-0.4, -0.2) is 19.8 Å². The number of benzene rings is 1. The van der Waals surface area contributed by atoms with Gasteiger partial charge in [0.25, 0.3) is 0 Å². The van der Waals surface area contributed by atoms with Crippen molar-refractivity contribution in [2.24, 2.45) is 0 Å². The summed E-state index contributed by atoms with van der Waals surface area (Å²) in [4.78, 5) is 3.47.